The van der Waals surface area contributed by atoms with E-state index < -0.39 is 23.7 Å². The fraction of sp³-hybridized carbons (Fsp3) is 0.619. The zero-order valence-corrected chi connectivity index (χ0v) is 15.6. The highest BCUT2D eigenvalue weighted by Crippen LogP contribution is 2.34. The van der Waals surface area contributed by atoms with Gasteiger partial charge in [-0.2, -0.15) is 0 Å². The highest BCUT2D eigenvalue weighted by molar-refractivity contribution is 5.31. The molecule has 0 heterocycles. The van der Waals surface area contributed by atoms with Crippen LogP contribution in [-0.2, 0) is 6.42 Å². The number of ether oxygens (including phenoxy) is 1. The first-order valence-electron chi connectivity index (χ1n) is 9.67. The molecule has 1 saturated carbocycles. The van der Waals surface area contributed by atoms with Crippen molar-refractivity contribution >= 4 is 0 Å². The Kier molecular flexibility index (Phi) is 8.11. The van der Waals surface area contributed by atoms with Gasteiger partial charge in [-0.05, 0) is 68.1 Å². The van der Waals surface area contributed by atoms with Crippen LogP contribution in [0.1, 0.15) is 63.9 Å². The number of alkyl halides is 3. The standard InChI is InChI=1S/C21H27F5O/c1-2-3-4-5-6-15-7-9-16(10-8-15)11-12-17-13-18(22)20(19(23)14-17)27-21(24,25)26/h4-5,13-16H,2-3,6-12H2,1H3. The fourth-order valence-electron chi connectivity index (χ4n) is 3.67. The van der Waals surface area contributed by atoms with E-state index >= 15 is 0 Å². The van der Waals surface area contributed by atoms with Crippen LogP contribution >= 0.6 is 0 Å². The molecular formula is C21H27F5O. The third kappa shape index (κ3) is 7.51. The summed E-state index contributed by atoms with van der Waals surface area (Å²) in [5, 5.41) is 0. The van der Waals surface area contributed by atoms with Gasteiger partial charge in [-0.25, -0.2) is 8.78 Å². The van der Waals surface area contributed by atoms with E-state index in [9.17, 15) is 22.0 Å². The summed E-state index contributed by atoms with van der Waals surface area (Å²) in [6, 6.07) is 1.88. The van der Waals surface area contributed by atoms with Gasteiger partial charge in [-0.1, -0.05) is 38.3 Å². The topological polar surface area (TPSA) is 9.23 Å². The molecule has 0 bridgehead atoms. The van der Waals surface area contributed by atoms with E-state index in [0.29, 0.717) is 23.8 Å². The van der Waals surface area contributed by atoms with E-state index in [2.05, 4.69) is 23.8 Å². The molecule has 2 rings (SSSR count). The second kappa shape index (κ2) is 10.1. The molecule has 0 amide bonds. The van der Waals surface area contributed by atoms with E-state index in [1.54, 1.807) is 0 Å². The Morgan fingerprint density at radius 3 is 2.15 bits per heavy atom. The Morgan fingerprint density at radius 2 is 1.59 bits per heavy atom. The molecule has 0 atom stereocenters. The van der Waals surface area contributed by atoms with Crippen LogP contribution in [0.2, 0.25) is 0 Å². The van der Waals surface area contributed by atoms with Crippen molar-refractivity contribution in [3.63, 3.8) is 0 Å². The minimum atomic E-state index is -5.12. The molecule has 1 aromatic carbocycles. The molecular weight excluding hydrogens is 363 g/mol. The van der Waals surface area contributed by atoms with Gasteiger partial charge in [-0.15, -0.1) is 13.2 Å². The molecule has 0 aliphatic heterocycles. The van der Waals surface area contributed by atoms with Crippen LogP contribution in [0.5, 0.6) is 5.75 Å². The quantitative estimate of drug-likeness (QED) is 0.333. The molecule has 1 aliphatic carbocycles. The number of benzene rings is 1. The SMILES string of the molecule is CCCC=CCC1CCC(CCc2cc(F)c(OC(F)(F)F)c(F)c2)CC1. The molecule has 0 radical (unpaired) electrons. The number of rotatable bonds is 8. The average Bonchev–Trinajstić information content (AvgIpc) is 2.60. The molecule has 0 saturated heterocycles. The van der Waals surface area contributed by atoms with Gasteiger partial charge >= 0.3 is 6.36 Å². The Labute approximate surface area is 157 Å². The number of halogens is 5. The number of hydrogen-bond acceptors (Lipinski definition) is 1. The van der Waals surface area contributed by atoms with Crippen molar-refractivity contribution in [3.05, 3.63) is 41.5 Å². The lowest BCUT2D eigenvalue weighted by molar-refractivity contribution is -0.276. The van der Waals surface area contributed by atoms with Crippen molar-refractivity contribution in [1.82, 2.24) is 0 Å². The summed E-state index contributed by atoms with van der Waals surface area (Å²) in [5.74, 6) is -2.81. The maximum absolute atomic E-state index is 13.8. The molecule has 0 N–H and O–H groups in total. The van der Waals surface area contributed by atoms with Gasteiger partial charge in [0, 0.05) is 0 Å². The lowest BCUT2D eigenvalue weighted by Crippen LogP contribution is -2.19. The molecule has 0 spiro atoms. The number of hydrogen-bond donors (Lipinski definition) is 0. The molecule has 1 nitrogen and oxygen atoms in total. The zero-order chi connectivity index (χ0) is 19.9. The van der Waals surface area contributed by atoms with Crippen molar-refractivity contribution in [2.75, 3.05) is 0 Å². The minimum Gasteiger partial charge on any atom is -0.399 e. The summed E-state index contributed by atoms with van der Waals surface area (Å²) in [6.45, 7) is 2.16. The second-order valence-corrected chi connectivity index (χ2v) is 7.36. The van der Waals surface area contributed by atoms with Crippen LogP contribution in [0.25, 0.3) is 0 Å². The largest absolute Gasteiger partial charge is 0.573 e. The van der Waals surface area contributed by atoms with Gasteiger partial charge in [0.25, 0.3) is 0 Å². The lowest BCUT2D eigenvalue weighted by Gasteiger charge is -2.28. The van der Waals surface area contributed by atoms with Crippen LogP contribution in [-0.4, -0.2) is 6.36 Å². The smallest absolute Gasteiger partial charge is 0.399 e. The normalized spacial score (nSPS) is 21.0. The fourth-order valence-corrected chi connectivity index (χ4v) is 3.67. The van der Waals surface area contributed by atoms with E-state index in [-0.39, 0.29) is 0 Å². The predicted octanol–water partition coefficient (Wildman–Crippen LogP) is 7.35. The molecule has 152 valence electrons. The Balaban J connectivity index is 1.80. The van der Waals surface area contributed by atoms with E-state index in [1.807, 2.05) is 0 Å². The first-order valence-corrected chi connectivity index (χ1v) is 9.67. The van der Waals surface area contributed by atoms with Crippen molar-refractivity contribution < 1.29 is 26.7 Å². The summed E-state index contributed by atoms with van der Waals surface area (Å²) in [7, 11) is 0. The van der Waals surface area contributed by atoms with Crippen molar-refractivity contribution in [2.24, 2.45) is 11.8 Å². The zero-order valence-electron chi connectivity index (χ0n) is 15.6. The van der Waals surface area contributed by atoms with Crippen LogP contribution in [0.4, 0.5) is 22.0 Å². The maximum atomic E-state index is 13.8. The van der Waals surface area contributed by atoms with Crippen molar-refractivity contribution in [2.45, 2.75) is 71.1 Å². The molecule has 1 fully saturated rings. The summed E-state index contributed by atoms with van der Waals surface area (Å²) >= 11 is 0. The first-order chi connectivity index (χ1) is 12.8. The summed E-state index contributed by atoms with van der Waals surface area (Å²) in [4.78, 5) is 0. The molecule has 1 aromatic rings. The van der Waals surface area contributed by atoms with Crippen LogP contribution in [0, 0.1) is 23.5 Å². The van der Waals surface area contributed by atoms with Gasteiger partial charge < -0.3 is 4.74 Å². The maximum Gasteiger partial charge on any atom is 0.573 e. The Hall–Kier alpha value is -1.59. The first kappa shape index (κ1) is 21.7. The van der Waals surface area contributed by atoms with Crippen molar-refractivity contribution in [1.29, 1.82) is 0 Å². The summed E-state index contributed by atoms with van der Waals surface area (Å²) in [6.07, 6.45) is 8.51. The molecule has 1 aliphatic rings. The van der Waals surface area contributed by atoms with Gasteiger partial charge in [0.2, 0.25) is 5.75 Å². The summed E-state index contributed by atoms with van der Waals surface area (Å²) < 4.78 is 67.5. The Bertz CT molecular complexity index is 592. The van der Waals surface area contributed by atoms with Crippen LogP contribution in [0.3, 0.4) is 0 Å². The second-order valence-electron chi connectivity index (χ2n) is 7.36. The molecule has 0 aromatic heterocycles. The average molecular weight is 390 g/mol. The van der Waals surface area contributed by atoms with Gasteiger partial charge in [0.1, 0.15) is 0 Å². The van der Waals surface area contributed by atoms with Gasteiger partial charge in [0.15, 0.2) is 11.6 Å². The van der Waals surface area contributed by atoms with E-state index in [4.69, 9.17) is 0 Å². The van der Waals surface area contributed by atoms with E-state index in [1.165, 1.54) is 0 Å². The third-order valence-corrected chi connectivity index (χ3v) is 5.17. The Morgan fingerprint density at radius 1 is 1.00 bits per heavy atom. The molecule has 0 unspecified atom stereocenters. The predicted molar refractivity (Wildman–Crippen MR) is 95.5 cm³/mol. The summed E-state index contributed by atoms with van der Waals surface area (Å²) in [5.41, 5.74) is 0.365. The lowest BCUT2D eigenvalue weighted by atomic mass is 9.78. The van der Waals surface area contributed by atoms with Gasteiger partial charge in [0.05, 0.1) is 0 Å². The third-order valence-electron chi connectivity index (χ3n) is 5.17. The highest BCUT2D eigenvalue weighted by atomic mass is 19.4. The molecule has 6 heteroatoms. The number of allylic oxidation sites excluding steroid dienone is 2. The van der Waals surface area contributed by atoms with Crippen molar-refractivity contribution in [3.8, 4) is 5.75 Å². The van der Waals surface area contributed by atoms with Gasteiger partial charge in [-0.3, -0.25) is 0 Å². The van der Waals surface area contributed by atoms with E-state index in [0.717, 1.165) is 63.5 Å². The van der Waals surface area contributed by atoms with Crippen LogP contribution < -0.4 is 4.74 Å². The monoisotopic (exact) mass is 390 g/mol. The molecule has 27 heavy (non-hydrogen) atoms. The number of unbranched alkanes of at least 4 members (excludes halogenated alkanes) is 1. The minimum absolute atomic E-state index is 0.365. The highest BCUT2D eigenvalue weighted by Gasteiger charge is 2.34. The van der Waals surface area contributed by atoms with Crippen LogP contribution in [0.15, 0.2) is 24.3 Å². The number of aryl methyl sites for hydroxylation is 1.